The smallest absolute Gasteiger partial charge is 0.264 e. The molecule has 1 fully saturated rings. The fraction of sp³-hybridized carbons (Fsp3) is 0.333. The van der Waals surface area contributed by atoms with Crippen LogP contribution in [0.4, 0.5) is 11.5 Å². The van der Waals surface area contributed by atoms with E-state index in [-0.39, 0.29) is 12.5 Å². The molecular formula is C21H24N4O2. The van der Waals surface area contributed by atoms with E-state index >= 15 is 0 Å². The summed E-state index contributed by atoms with van der Waals surface area (Å²) >= 11 is 0. The van der Waals surface area contributed by atoms with Crippen molar-refractivity contribution in [3.05, 3.63) is 60.3 Å². The first kappa shape index (κ1) is 17.9. The largest absolute Gasteiger partial charge is 0.395 e. The molecule has 1 aromatic heterocycles. The highest BCUT2D eigenvalue weighted by Gasteiger charge is 2.33. The molecular weight excluding hydrogens is 340 g/mol. The molecule has 4 rings (SSSR count). The van der Waals surface area contributed by atoms with E-state index in [1.54, 1.807) is 11.1 Å². The number of aliphatic hydroxyl groups excluding tert-OH is 1. The zero-order valence-electron chi connectivity index (χ0n) is 15.3. The number of hydrogen-bond donors (Lipinski definition) is 1. The van der Waals surface area contributed by atoms with Gasteiger partial charge in [-0.15, -0.1) is 0 Å². The van der Waals surface area contributed by atoms with Crippen molar-refractivity contribution >= 4 is 23.0 Å². The second kappa shape index (κ2) is 7.60. The van der Waals surface area contributed by atoms with E-state index in [2.05, 4.69) is 33.5 Å². The molecule has 1 amide bonds. The lowest BCUT2D eigenvalue weighted by Gasteiger charge is -2.34. The monoisotopic (exact) mass is 364 g/mol. The topological polar surface area (TPSA) is 59.9 Å². The van der Waals surface area contributed by atoms with Gasteiger partial charge in [-0.1, -0.05) is 18.7 Å². The molecule has 0 aliphatic carbocycles. The van der Waals surface area contributed by atoms with Gasteiger partial charge in [0.25, 0.3) is 5.91 Å². The predicted octanol–water partition coefficient (Wildman–Crippen LogP) is 1.88. The summed E-state index contributed by atoms with van der Waals surface area (Å²) in [5.74, 6) is 0.542. The summed E-state index contributed by atoms with van der Waals surface area (Å²) in [4.78, 5) is 23.5. The number of piperazine rings is 1. The lowest BCUT2D eigenvalue weighted by atomic mass is 10.1. The normalized spacial score (nSPS) is 18.2. The van der Waals surface area contributed by atoms with Crippen molar-refractivity contribution in [2.24, 2.45) is 0 Å². The number of nitrogens with zero attached hydrogens (tertiary/aromatic N) is 4. The van der Waals surface area contributed by atoms with Crippen molar-refractivity contribution in [2.75, 3.05) is 44.2 Å². The zero-order chi connectivity index (χ0) is 18.8. The van der Waals surface area contributed by atoms with Crippen molar-refractivity contribution in [3.63, 3.8) is 0 Å². The van der Waals surface area contributed by atoms with Crippen LogP contribution in [-0.4, -0.2) is 65.1 Å². The van der Waals surface area contributed by atoms with Crippen LogP contribution in [0.1, 0.15) is 11.1 Å². The molecule has 2 aromatic rings. The molecule has 0 atom stereocenters. The molecule has 140 valence electrons. The van der Waals surface area contributed by atoms with Crippen molar-refractivity contribution in [3.8, 4) is 0 Å². The molecule has 0 saturated carbocycles. The minimum Gasteiger partial charge on any atom is -0.395 e. The first-order chi connectivity index (χ1) is 13.2. The average Bonchev–Trinajstić information content (AvgIpc) is 2.95. The lowest BCUT2D eigenvalue weighted by molar-refractivity contribution is -0.112. The van der Waals surface area contributed by atoms with Gasteiger partial charge >= 0.3 is 0 Å². The van der Waals surface area contributed by atoms with Gasteiger partial charge in [-0.25, -0.2) is 4.98 Å². The van der Waals surface area contributed by atoms with Crippen LogP contribution < -0.4 is 4.90 Å². The van der Waals surface area contributed by atoms with E-state index in [4.69, 9.17) is 5.11 Å². The lowest BCUT2D eigenvalue weighted by Crippen LogP contribution is -2.46. The van der Waals surface area contributed by atoms with Crippen LogP contribution in [0.2, 0.25) is 0 Å². The first-order valence-corrected chi connectivity index (χ1v) is 9.30. The molecule has 6 heteroatoms. The maximum absolute atomic E-state index is 12.7. The van der Waals surface area contributed by atoms with Gasteiger partial charge in [0.2, 0.25) is 0 Å². The summed E-state index contributed by atoms with van der Waals surface area (Å²) < 4.78 is 0. The van der Waals surface area contributed by atoms with Crippen LogP contribution in [0, 0.1) is 0 Å². The van der Waals surface area contributed by atoms with Crippen LogP contribution in [-0.2, 0) is 11.3 Å². The molecule has 0 spiro atoms. The maximum Gasteiger partial charge on any atom is 0.264 e. The van der Waals surface area contributed by atoms with Gasteiger partial charge in [-0.3, -0.25) is 19.5 Å². The Kier molecular flexibility index (Phi) is 5.03. The minimum absolute atomic E-state index is 0.113. The summed E-state index contributed by atoms with van der Waals surface area (Å²) in [6.45, 7) is 9.65. The third-order valence-corrected chi connectivity index (χ3v) is 5.24. The highest BCUT2D eigenvalue weighted by molar-refractivity contribution is 6.33. The number of β-amino-alcohol motifs (C(OH)–C–C–N with tert-alkyl or cyclic N) is 1. The summed E-state index contributed by atoms with van der Waals surface area (Å²) in [6, 6.07) is 11.8. The Labute approximate surface area is 159 Å². The number of carbonyl (C=O) groups excluding carboxylic acids is 1. The molecule has 2 aliphatic rings. The number of benzene rings is 1. The molecule has 6 nitrogen and oxygen atoms in total. The number of carbonyl (C=O) groups is 1. The average molecular weight is 364 g/mol. The van der Waals surface area contributed by atoms with Crippen molar-refractivity contribution in [1.82, 2.24) is 14.8 Å². The molecule has 0 unspecified atom stereocenters. The summed E-state index contributed by atoms with van der Waals surface area (Å²) in [5, 5.41) is 9.07. The Morgan fingerprint density at radius 3 is 2.63 bits per heavy atom. The van der Waals surface area contributed by atoms with Gasteiger partial charge in [0.1, 0.15) is 5.82 Å². The summed E-state index contributed by atoms with van der Waals surface area (Å²) in [5.41, 5.74) is 3.29. The highest BCUT2D eigenvalue weighted by Crippen LogP contribution is 2.39. The zero-order valence-corrected chi connectivity index (χ0v) is 15.3. The second-order valence-corrected chi connectivity index (χ2v) is 7.00. The van der Waals surface area contributed by atoms with Crippen molar-refractivity contribution in [1.29, 1.82) is 0 Å². The van der Waals surface area contributed by atoms with E-state index < -0.39 is 0 Å². The van der Waals surface area contributed by atoms with Gasteiger partial charge < -0.3 is 5.11 Å². The van der Waals surface area contributed by atoms with Gasteiger partial charge in [0, 0.05) is 56.6 Å². The number of pyridine rings is 1. The van der Waals surface area contributed by atoms with Gasteiger partial charge in [-0.05, 0) is 29.8 Å². The van der Waals surface area contributed by atoms with E-state index in [1.165, 1.54) is 5.56 Å². The van der Waals surface area contributed by atoms with Gasteiger partial charge in [0.15, 0.2) is 0 Å². The van der Waals surface area contributed by atoms with Crippen LogP contribution in [0.25, 0.3) is 5.57 Å². The van der Waals surface area contributed by atoms with Gasteiger partial charge in [0.05, 0.1) is 12.3 Å². The molecule has 0 bridgehead atoms. The molecule has 1 aromatic carbocycles. The molecule has 2 aliphatic heterocycles. The number of aromatic nitrogens is 1. The molecule has 1 saturated heterocycles. The fourth-order valence-electron chi connectivity index (χ4n) is 3.76. The fourth-order valence-corrected chi connectivity index (χ4v) is 3.76. The Balaban J connectivity index is 1.51. The number of fused-ring (bicyclic) bond motifs is 1. The molecule has 0 radical (unpaired) electrons. The Hall–Kier alpha value is -2.54. The summed E-state index contributed by atoms with van der Waals surface area (Å²) in [7, 11) is 0. The Morgan fingerprint density at radius 1 is 1.07 bits per heavy atom. The second-order valence-electron chi connectivity index (χ2n) is 7.00. The minimum atomic E-state index is -0.113. The van der Waals surface area contributed by atoms with E-state index in [9.17, 15) is 4.79 Å². The maximum atomic E-state index is 12.7. The van der Waals surface area contributed by atoms with Crippen LogP contribution in [0.5, 0.6) is 0 Å². The van der Waals surface area contributed by atoms with Crippen LogP contribution in [0.3, 0.4) is 0 Å². The molecule has 27 heavy (non-hydrogen) atoms. The van der Waals surface area contributed by atoms with Crippen molar-refractivity contribution in [2.45, 2.75) is 6.54 Å². The Morgan fingerprint density at radius 2 is 1.85 bits per heavy atom. The van der Waals surface area contributed by atoms with Crippen LogP contribution >= 0.6 is 0 Å². The number of hydrogen-bond acceptors (Lipinski definition) is 5. The SMILES string of the molecule is C=C1C(=O)N(c2cccc(CN3CCN(CCO)CC3)c2)c2ncccc21. The quantitative estimate of drug-likeness (QED) is 0.821. The van der Waals surface area contributed by atoms with E-state index in [1.807, 2.05) is 24.3 Å². The standard InChI is InChI=1S/C21H24N4O2/c1-16-19-6-3-7-22-20(19)25(21(16)27)18-5-2-4-17(14-18)15-24-10-8-23(9-11-24)12-13-26/h2-7,14,26H,1,8-13,15H2. The number of aliphatic hydroxyl groups is 1. The Bertz CT molecular complexity index is 859. The molecule has 3 heterocycles. The van der Waals surface area contributed by atoms with Crippen molar-refractivity contribution < 1.29 is 9.90 Å². The number of anilines is 2. The predicted molar refractivity (Wildman–Crippen MR) is 106 cm³/mol. The van der Waals surface area contributed by atoms with Crippen LogP contribution in [0.15, 0.2) is 49.2 Å². The first-order valence-electron chi connectivity index (χ1n) is 9.30. The van der Waals surface area contributed by atoms with E-state index in [0.717, 1.165) is 50.5 Å². The summed E-state index contributed by atoms with van der Waals surface area (Å²) in [6.07, 6.45) is 1.70. The third kappa shape index (κ3) is 3.51. The van der Waals surface area contributed by atoms with Gasteiger partial charge in [-0.2, -0.15) is 0 Å². The van der Waals surface area contributed by atoms with E-state index in [0.29, 0.717) is 11.4 Å². The third-order valence-electron chi connectivity index (χ3n) is 5.24. The molecule has 1 N–H and O–H groups in total. The number of amides is 1. The highest BCUT2D eigenvalue weighted by atomic mass is 16.3. The number of rotatable bonds is 5.